The SMILES string of the molecule is CCCCCC=C(C)C(=O)N(Cc1cccc(OC)c1C)C1CC1. The molecule has 0 saturated heterocycles. The second-order valence-corrected chi connectivity index (χ2v) is 6.79. The lowest BCUT2D eigenvalue weighted by molar-refractivity contribution is -0.128. The molecule has 0 atom stereocenters. The number of unbranched alkanes of at least 4 members (excludes halogenated alkanes) is 3. The zero-order valence-electron chi connectivity index (χ0n) is 15.6. The minimum absolute atomic E-state index is 0.191. The van der Waals surface area contributed by atoms with E-state index in [-0.39, 0.29) is 5.91 Å². The fraction of sp³-hybridized carbons (Fsp3) is 0.571. The van der Waals surface area contributed by atoms with E-state index in [2.05, 4.69) is 26.0 Å². The van der Waals surface area contributed by atoms with E-state index >= 15 is 0 Å². The van der Waals surface area contributed by atoms with Gasteiger partial charge < -0.3 is 9.64 Å². The van der Waals surface area contributed by atoms with Crippen LogP contribution in [-0.2, 0) is 11.3 Å². The quantitative estimate of drug-likeness (QED) is 0.470. The summed E-state index contributed by atoms with van der Waals surface area (Å²) in [6.45, 7) is 6.90. The summed E-state index contributed by atoms with van der Waals surface area (Å²) >= 11 is 0. The number of methoxy groups -OCH3 is 1. The Kier molecular flexibility index (Phi) is 6.89. The van der Waals surface area contributed by atoms with Crippen LogP contribution < -0.4 is 4.74 Å². The van der Waals surface area contributed by atoms with Gasteiger partial charge in [0.2, 0.25) is 5.91 Å². The molecule has 0 N–H and O–H groups in total. The van der Waals surface area contributed by atoms with Gasteiger partial charge in [0, 0.05) is 18.2 Å². The van der Waals surface area contributed by atoms with Crippen LogP contribution in [0.3, 0.4) is 0 Å². The molecule has 0 unspecified atom stereocenters. The zero-order valence-corrected chi connectivity index (χ0v) is 15.6. The second kappa shape index (κ2) is 8.91. The van der Waals surface area contributed by atoms with Gasteiger partial charge in [0.25, 0.3) is 0 Å². The molecule has 1 aliphatic carbocycles. The predicted octanol–water partition coefficient (Wildman–Crippen LogP) is 5.02. The van der Waals surface area contributed by atoms with Gasteiger partial charge >= 0.3 is 0 Å². The summed E-state index contributed by atoms with van der Waals surface area (Å²) in [5, 5.41) is 0. The lowest BCUT2D eigenvalue weighted by atomic mass is 10.1. The monoisotopic (exact) mass is 329 g/mol. The van der Waals surface area contributed by atoms with Crippen LogP contribution in [0.15, 0.2) is 29.8 Å². The van der Waals surface area contributed by atoms with Gasteiger partial charge in [-0.15, -0.1) is 0 Å². The highest BCUT2D eigenvalue weighted by atomic mass is 16.5. The van der Waals surface area contributed by atoms with E-state index in [0.717, 1.165) is 36.1 Å². The minimum atomic E-state index is 0.191. The summed E-state index contributed by atoms with van der Waals surface area (Å²) in [6, 6.07) is 6.48. The number of carbonyl (C=O) groups excluding carboxylic acids is 1. The molecule has 3 nitrogen and oxygen atoms in total. The Morgan fingerprint density at radius 3 is 2.71 bits per heavy atom. The van der Waals surface area contributed by atoms with Gasteiger partial charge in [-0.2, -0.15) is 0 Å². The average Bonchev–Trinajstić information content (AvgIpc) is 3.42. The van der Waals surface area contributed by atoms with Crippen LogP contribution in [0.1, 0.15) is 63.5 Å². The van der Waals surface area contributed by atoms with Crippen LogP contribution in [0.2, 0.25) is 0 Å². The third-order valence-corrected chi connectivity index (χ3v) is 4.80. The summed E-state index contributed by atoms with van der Waals surface area (Å²) in [6.07, 6.45) is 8.97. The standard InChI is InChI=1S/C21H31NO2/c1-5-6-7-8-10-16(2)21(23)22(19-13-14-19)15-18-11-9-12-20(24-4)17(18)3/h9-12,19H,5-8,13-15H2,1-4H3. The molecule has 1 aromatic carbocycles. The number of nitrogens with zero attached hydrogens (tertiary/aromatic N) is 1. The Morgan fingerprint density at radius 1 is 1.33 bits per heavy atom. The fourth-order valence-corrected chi connectivity index (χ4v) is 3.02. The Bertz CT molecular complexity index is 588. The van der Waals surface area contributed by atoms with Gasteiger partial charge in [0.05, 0.1) is 7.11 Å². The van der Waals surface area contributed by atoms with Crippen LogP contribution in [0.5, 0.6) is 5.75 Å². The first kappa shape index (κ1) is 18.6. The van der Waals surface area contributed by atoms with E-state index in [4.69, 9.17) is 4.74 Å². The third kappa shape index (κ3) is 4.86. The Labute approximate surface area is 146 Å². The van der Waals surface area contributed by atoms with Crippen molar-refractivity contribution in [1.82, 2.24) is 4.90 Å². The number of hydrogen-bond acceptors (Lipinski definition) is 2. The van der Waals surface area contributed by atoms with Crippen LogP contribution in [0, 0.1) is 6.92 Å². The molecule has 3 heteroatoms. The summed E-state index contributed by atoms with van der Waals surface area (Å²) in [5.41, 5.74) is 3.19. The topological polar surface area (TPSA) is 29.5 Å². The van der Waals surface area contributed by atoms with E-state index in [9.17, 15) is 4.79 Å². The Hall–Kier alpha value is -1.77. The Morgan fingerprint density at radius 2 is 2.08 bits per heavy atom. The molecule has 0 bridgehead atoms. The maximum Gasteiger partial charge on any atom is 0.249 e. The van der Waals surface area contributed by atoms with Crippen LogP contribution in [0.4, 0.5) is 0 Å². The molecule has 0 heterocycles. The molecular formula is C21H31NO2. The molecule has 0 aromatic heterocycles. The molecule has 1 aromatic rings. The molecule has 1 aliphatic rings. The predicted molar refractivity (Wildman–Crippen MR) is 99.2 cm³/mol. The van der Waals surface area contributed by atoms with Crippen LogP contribution in [0.25, 0.3) is 0 Å². The van der Waals surface area contributed by atoms with Gasteiger partial charge in [0.15, 0.2) is 0 Å². The van der Waals surface area contributed by atoms with Gasteiger partial charge in [-0.1, -0.05) is 38.0 Å². The van der Waals surface area contributed by atoms with Gasteiger partial charge in [-0.05, 0) is 56.7 Å². The summed E-state index contributed by atoms with van der Waals surface area (Å²) in [4.78, 5) is 14.9. The van der Waals surface area contributed by atoms with Crippen molar-refractivity contribution in [3.8, 4) is 5.75 Å². The smallest absolute Gasteiger partial charge is 0.249 e. The molecule has 1 saturated carbocycles. The minimum Gasteiger partial charge on any atom is -0.496 e. The lowest BCUT2D eigenvalue weighted by Gasteiger charge is -2.24. The first-order valence-corrected chi connectivity index (χ1v) is 9.18. The van der Waals surface area contributed by atoms with Crippen molar-refractivity contribution in [2.75, 3.05) is 7.11 Å². The average molecular weight is 329 g/mol. The van der Waals surface area contributed by atoms with Crippen molar-refractivity contribution < 1.29 is 9.53 Å². The van der Waals surface area contributed by atoms with E-state index < -0.39 is 0 Å². The number of carbonyl (C=O) groups is 1. The number of allylic oxidation sites excluding steroid dienone is 1. The summed E-state index contributed by atoms with van der Waals surface area (Å²) < 4.78 is 5.41. The van der Waals surface area contributed by atoms with Crippen molar-refractivity contribution in [3.63, 3.8) is 0 Å². The lowest BCUT2D eigenvalue weighted by Crippen LogP contribution is -2.33. The molecule has 1 amide bonds. The first-order chi connectivity index (χ1) is 11.6. The van der Waals surface area contributed by atoms with E-state index in [1.807, 2.05) is 24.0 Å². The molecular weight excluding hydrogens is 298 g/mol. The molecule has 24 heavy (non-hydrogen) atoms. The first-order valence-electron chi connectivity index (χ1n) is 9.18. The highest BCUT2D eigenvalue weighted by Crippen LogP contribution is 2.31. The largest absolute Gasteiger partial charge is 0.496 e. The van der Waals surface area contributed by atoms with Gasteiger partial charge in [-0.25, -0.2) is 0 Å². The van der Waals surface area contributed by atoms with Gasteiger partial charge in [-0.3, -0.25) is 4.79 Å². The van der Waals surface area contributed by atoms with Crippen molar-refractivity contribution in [2.45, 2.75) is 71.9 Å². The highest BCUT2D eigenvalue weighted by Gasteiger charge is 2.33. The number of benzene rings is 1. The molecule has 0 aliphatic heterocycles. The zero-order chi connectivity index (χ0) is 17.5. The molecule has 0 spiro atoms. The van der Waals surface area contributed by atoms with Crippen LogP contribution >= 0.6 is 0 Å². The number of hydrogen-bond donors (Lipinski definition) is 0. The van der Waals surface area contributed by atoms with Crippen molar-refractivity contribution in [3.05, 3.63) is 41.0 Å². The molecule has 2 rings (SSSR count). The normalized spacial score (nSPS) is 14.6. The van der Waals surface area contributed by atoms with Crippen molar-refractivity contribution in [2.24, 2.45) is 0 Å². The third-order valence-electron chi connectivity index (χ3n) is 4.80. The molecule has 0 radical (unpaired) electrons. The maximum atomic E-state index is 12.9. The van der Waals surface area contributed by atoms with Gasteiger partial charge in [0.1, 0.15) is 5.75 Å². The summed E-state index contributed by atoms with van der Waals surface area (Å²) in [5.74, 6) is 1.08. The van der Waals surface area contributed by atoms with Crippen molar-refractivity contribution >= 4 is 5.91 Å². The van der Waals surface area contributed by atoms with Crippen LogP contribution in [-0.4, -0.2) is 24.0 Å². The van der Waals surface area contributed by atoms with Crippen molar-refractivity contribution in [1.29, 1.82) is 0 Å². The highest BCUT2D eigenvalue weighted by molar-refractivity contribution is 5.93. The maximum absolute atomic E-state index is 12.9. The number of amides is 1. The molecule has 1 fully saturated rings. The van der Waals surface area contributed by atoms with E-state index in [1.54, 1.807) is 7.11 Å². The second-order valence-electron chi connectivity index (χ2n) is 6.79. The summed E-state index contributed by atoms with van der Waals surface area (Å²) in [7, 11) is 1.69. The van der Waals surface area contributed by atoms with E-state index in [0.29, 0.717) is 12.6 Å². The fourth-order valence-electron chi connectivity index (χ4n) is 3.02. The van der Waals surface area contributed by atoms with E-state index in [1.165, 1.54) is 24.8 Å². The number of rotatable bonds is 9. The molecule has 132 valence electrons. The number of ether oxygens (including phenoxy) is 1. The Balaban J connectivity index is 2.08.